The molecule has 1 unspecified atom stereocenters. The van der Waals surface area contributed by atoms with Crippen LogP contribution in [0.3, 0.4) is 0 Å². The van der Waals surface area contributed by atoms with E-state index in [-0.39, 0.29) is 23.0 Å². The number of hydrazone groups is 1. The lowest BCUT2D eigenvalue weighted by atomic mass is 10.1. The van der Waals surface area contributed by atoms with Crippen LogP contribution in [-0.2, 0) is 4.74 Å². The van der Waals surface area contributed by atoms with Crippen molar-refractivity contribution >= 4 is 34.4 Å². The van der Waals surface area contributed by atoms with Gasteiger partial charge in [0, 0.05) is 42.6 Å². The molecular weight excluding hydrogens is 437 g/mol. The van der Waals surface area contributed by atoms with Crippen LogP contribution in [0.25, 0.3) is 10.9 Å². The van der Waals surface area contributed by atoms with Gasteiger partial charge in [-0.05, 0) is 61.4 Å². The summed E-state index contributed by atoms with van der Waals surface area (Å²) in [6, 6.07) is 11.3. The minimum Gasteiger partial charge on any atom is -0.384 e. The Bertz CT molecular complexity index is 1330. The van der Waals surface area contributed by atoms with Crippen LogP contribution in [0.15, 0.2) is 57.4 Å². The number of aryl methyl sites for hydroxylation is 1. The third kappa shape index (κ3) is 4.89. The second kappa shape index (κ2) is 9.96. The number of aromatic nitrogens is 1. The zero-order chi connectivity index (χ0) is 24.2. The van der Waals surface area contributed by atoms with Crippen molar-refractivity contribution in [2.75, 3.05) is 26.8 Å². The van der Waals surface area contributed by atoms with E-state index < -0.39 is 5.56 Å². The van der Waals surface area contributed by atoms with Crippen molar-refractivity contribution in [1.82, 2.24) is 9.88 Å². The third-order valence-corrected chi connectivity index (χ3v) is 5.96. The summed E-state index contributed by atoms with van der Waals surface area (Å²) in [5.41, 5.74) is 2.01. The number of benzene rings is 2. The normalized spacial score (nSPS) is 16.6. The van der Waals surface area contributed by atoms with Gasteiger partial charge in [0.05, 0.1) is 24.1 Å². The Kier molecular flexibility index (Phi) is 6.83. The number of amides is 1. The largest absolute Gasteiger partial charge is 0.384 e. The number of hydrogen-bond acceptors (Lipinski definition) is 6. The summed E-state index contributed by atoms with van der Waals surface area (Å²) < 4.78 is 19.2. The Labute approximate surface area is 195 Å². The van der Waals surface area contributed by atoms with E-state index in [2.05, 4.69) is 15.1 Å². The Morgan fingerprint density at radius 3 is 2.76 bits per heavy atom. The average molecular weight is 464 g/mol. The number of methoxy groups -OCH3 is 1. The number of likely N-dealkylation sites (tertiary alicyclic amines) is 1. The van der Waals surface area contributed by atoms with Gasteiger partial charge in [0.2, 0.25) is 0 Å². The molecule has 3 N–H and O–H groups in total. The maximum Gasteiger partial charge on any atom is 0.258 e. The van der Waals surface area contributed by atoms with Crippen molar-refractivity contribution in [2.45, 2.75) is 13.3 Å². The number of aromatic amines is 1. The summed E-state index contributed by atoms with van der Waals surface area (Å²) in [6.45, 7) is 3.68. The number of ether oxygens (including phenoxy) is 1. The van der Waals surface area contributed by atoms with E-state index >= 15 is 0 Å². The molecule has 0 aliphatic carbocycles. The summed E-state index contributed by atoms with van der Waals surface area (Å²) in [6.07, 6.45) is 2.30. The van der Waals surface area contributed by atoms with Gasteiger partial charge in [0.1, 0.15) is 11.5 Å². The van der Waals surface area contributed by atoms with Gasteiger partial charge >= 0.3 is 0 Å². The lowest BCUT2D eigenvalue weighted by Gasteiger charge is -2.16. The first-order valence-electron chi connectivity index (χ1n) is 10.9. The second-order valence-electron chi connectivity index (χ2n) is 8.38. The number of rotatable bonds is 6. The lowest BCUT2D eigenvalue weighted by Crippen LogP contribution is -2.29. The zero-order valence-corrected chi connectivity index (χ0v) is 19.0. The second-order valence-corrected chi connectivity index (χ2v) is 8.38. The topological polar surface area (TPSA) is 113 Å². The van der Waals surface area contributed by atoms with Crippen LogP contribution in [0.5, 0.6) is 0 Å². The summed E-state index contributed by atoms with van der Waals surface area (Å²) in [5, 5.41) is 4.20. The third-order valence-electron chi connectivity index (χ3n) is 5.96. The molecule has 1 aliphatic rings. The van der Waals surface area contributed by atoms with Crippen molar-refractivity contribution in [3.63, 3.8) is 0 Å². The summed E-state index contributed by atoms with van der Waals surface area (Å²) in [5.74, 6) is 5.48. The molecule has 1 atom stereocenters. The number of fused-ring (bicyclic) bond motifs is 1. The average Bonchev–Trinajstić information content (AvgIpc) is 3.30. The Morgan fingerprint density at radius 1 is 1.29 bits per heavy atom. The van der Waals surface area contributed by atoms with Crippen molar-refractivity contribution in [1.29, 1.82) is 0 Å². The molecule has 2 heterocycles. The Balaban J connectivity index is 1.50. The van der Waals surface area contributed by atoms with Crippen molar-refractivity contribution < 1.29 is 13.9 Å². The number of carbonyl (C=O) groups excluding carboxylic acids is 1. The minimum absolute atomic E-state index is 0.0245. The van der Waals surface area contributed by atoms with E-state index in [9.17, 15) is 14.0 Å². The van der Waals surface area contributed by atoms with Gasteiger partial charge in [-0.25, -0.2) is 4.39 Å². The zero-order valence-electron chi connectivity index (χ0n) is 19.0. The van der Waals surface area contributed by atoms with E-state index in [1.165, 1.54) is 18.3 Å². The SMILES string of the molecule is COCC1CCN(C(=O)c2ccc(N=CC(=NN)c3cc4cc(F)c(C)cc4[nH]c3=O)cc2)C1. The minimum atomic E-state index is -0.410. The molecular formula is C25H26FN5O3. The number of pyridine rings is 1. The molecule has 34 heavy (non-hydrogen) atoms. The highest BCUT2D eigenvalue weighted by molar-refractivity contribution is 6.38. The standard InChI is InChI=1S/C25H26FN5O3/c1-15-9-22-18(11-21(15)26)10-20(24(32)29-22)23(30-27)12-28-19-5-3-17(4-6-19)25(33)31-8-7-16(13-31)14-34-2/h3-6,9-12,16H,7-8,13-14,27H2,1-2H3,(H,29,32). The maximum atomic E-state index is 14.0. The Hall–Kier alpha value is -3.85. The van der Waals surface area contributed by atoms with Gasteiger partial charge in [-0.15, -0.1) is 0 Å². The highest BCUT2D eigenvalue weighted by atomic mass is 19.1. The van der Waals surface area contributed by atoms with Crippen LogP contribution in [-0.4, -0.2) is 54.5 Å². The van der Waals surface area contributed by atoms with Crippen LogP contribution in [0.2, 0.25) is 0 Å². The first-order chi connectivity index (χ1) is 16.4. The number of carbonyl (C=O) groups is 1. The van der Waals surface area contributed by atoms with Crippen LogP contribution in [0, 0.1) is 18.7 Å². The molecule has 3 aromatic rings. The fourth-order valence-corrected chi connectivity index (χ4v) is 4.10. The molecule has 9 heteroatoms. The highest BCUT2D eigenvalue weighted by Gasteiger charge is 2.26. The Morgan fingerprint density at radius 2 is 2.06 bits per heavy atom. The molecule has 0 spiro atoms. The van der Waals surface area contributed by atoms with Crippen molar-refractivity contribution in [3.8, 4) is 0 Å². The number of halogens is 1. The molecule has 4 rings (SSSR count). The number of aliphatic imine (C=N–C) groups is 1. The van der Waals surface area contributed by atoms with E-state index in [1.54, 1.807) is 44.4 Å². The smallest absolute Gasteiger partial charge is 0.258 e. The van der Waals surface area contributed by atoms with Crippen LogP contribution >= 0.6 is 0 Å². The van der Waals surface area contributed by atoms with Crippen LogP contribution in [0.1, 0.15) is 27.9 Å². The highest BCUT2D eigenvalue weighted by Crippen LogP contribution is 2.21. The first-order valence-corrected chi connectivity index (χ1v) is 10.9. The van der Waals surface area contributed by atoms with Gasteiger partial charge in [-0.3, -0.25) is 14.6 Å². The van der Waals surface area contributed by atoms with Gasteiger partial charge in [-0.1, -0.05) is 0 Å². The molecule has 1 amide bonds. The fraction of sp³-hybridized carbons (Fsp3) is 0.280. The summed E-state index contributed by atoms with van der Waals surface area (Å²) >= 11 is 0. The van der Waals surface area contributed by atoms with Gasteiger partial charge < -0.3 is 20.5 Å². The molecule has 0 bridgehead atoms. The van der Waals surface area contributed by atoms with Gasteiger partial charge in [0.25, 0.3) is 11.5 Å². The molecule has 176 valence electrons. The molecule has 0 radical (unpaired) electrons. The number of hydrogen-bond donors (Lipinski definition) is 2. The van der Waals surface area contributed by atoms with Crippen molar-refractivity contribution in [2.24, 2.45) is 21.9 Å². The van der Waals surface area contributed by atoms with E-state index in [1.807, 2.05) is 4.90 Å². The molecule has 1 saturated heterocycles. The molecule has 1 aliphatic heterocycles. The van der Waals surface area contributed by atoms with Crippen molar-refractivity contribution in [3.05, 3.63) is 75.3 Å². The molecule has 0 saturated carbocycles. The van der Waals surface area contributed by atoms with Crippen LogP contribution < -0.4 is 11.4 Å². The molecule has 1 fully saturated rings. The monoisotopic (exact) mass is 463 g/mol. The maximum absolute atomic E-state index is 14.0. The number of H-pyrrole nitrogens is 1. The van der Waals surface area contributed by atoms with E-state index in [0.29, 0.717) is 53.3 Å². The quantitative estimate of drug-likeness (QED) is 0.332. The lowest BCUT2D eigenvalue weighted by molar-refractivity contribution is 0.0775. The van der Waals surface area contributed by atoms with Gasteiger partial charge in [0.15, 0.2) is 0 Å². The first kappa shape index (κ1) is 23.3. The number of nitrogens with one attached hydrogen (secondary N) is 1. The molecule has 2 aromatic carbocycles. The molecule has 1 aromatic heterocycles. The summed E-state index contributed by atoms with van der Waals surface area (Å²) in [7, 11) is 1.67. The predicted molar refractivity (Wildman–Crippen MR) is 130 cm³/mol. The van der Waals surface area contributed by atoms with Gasteiger partial charge in [-0.2, -0.15) is 5.10 Å². The fourth-order valence-electron chi connectivity index (χ4n) is 4.10. The van der Waals surface area contributed by atoms with E-state index in [0.717, 1.165) is 6.42 Å². The number of nitrogens with two attached hydrogens (primary N) is 1. The number of nitrogens with zero attached hydrogens (tertiary/aromatic N) is 3. The predicted octanol–water partition coefficient (Wildman–Crippen LogP) is 3.15. The molecule has 8 nitrogen and oxygen atoms in total. The summed E-state index contributed by atoms with van der Waals surface area (Å²) in [4.78, 5) is 34.2. The van der Waals surface area contributed by atoms with Crippen LogP contribution in [0.4, 0.5) is 10.1 Å². The van der Waals surface area contributed by atoms with E-state index in [4.69, 9.17) is 10.6 Å².